The highest BCUT2D eigenvalue weighted by Gasteiger charge is 2.04. The Balaban J connectivity index is -0.0000000927. The minimum Gasteiger partial charge on any atom is -0.379 e. The van der Waals surface area contributed by atoms with E-state index >= 15 is 0 Å². The predicted molar refractivity (Wildman–Crippen MR) is 85.8 cm³/mol. The van der Waals surface area contributed by atoms with Gasteiger partial charge in [-0.3, -0.25) is 4.55 Å². The molecular formula is C11H33NO6SSi. The highest BCUT2D eigenvalue weighted by atomic mass is 32.2. The van der Waals surface area contributed by atoms with Gasteiger partial charge in [0.15, 0.2) is 0 Å². The Morgan fingerprint density at radius 3 is 1.25 bits per heavy atom. The Morgan fingerprint density at radius 1 is 1.00 bits per heavy atom. The summed E-state index contributed by atoms with van der Waals surface area (Å²) in [6.07, 6.45) is 1.72. The summed E-state index contributed by atoms with van der Waals surface area (Å²) in [5.41, 5.74) is 0. The first kappa shape index (κ1) is 28.2. The van der Waals surface area contributed by atoms with Crippen LogP contribution in [0.5, 0.6) is 0 Å². The molecule has 7 nitrogen and oxygen atoms in total. The van der Waals surface area contributed by atoms with Gasteiger partial charge in [0, 0.05) is 21.3 Å². The van der Waals surface area contributed by atoms with Gasteiger partial charge >= 0.3 is 9.53 Å². The van der Waals surface area contributed by atoms with Crippen molar-refractivity contribution in [2.45, 2.75) is 33.6 Å². The molecule has 0 aliphatic heterocycles. The van der Waals surface area contributed by atoms with Crippen LogP contribution in [-0.2, 0) is 23.4 Å². The van der Waals surface area contributed by atoms with Crippen LogP contribution in [0, 0.1) is 0 Å². The Hall–Kier alpha value is -0.0331. The minimum atomic E-state index is -3.67. The monoisotopic (exact) mass is 335 g/mol. The Bertz CT molecular complexity index is 228. The third kappa shape index (κ3) is 52.1. The highest BCUT2D eigenvalue weighted by Crippen LogP contribution is 1.83. The van der Waals surface area contributed by atoms with Crippen molar-refractivity contribution in [1.82, 2.24) is 5.32 Å². The van der Waals surface area contributed by atoms with E-state index in [1.54, 1.807) is 28.3 Å². The van der Waals surface area contributed by atoms with Crippen LogP contribution >= 0.6 is 0 Å². The van der Waals surface area contributed by atoms with Crippen molar-refractivity contribution in [3.8, 4) is 0 Å². The molecule has 0 saturated heterocycles. The number of hydrogen-bond donors (Lipinski definition) is 2. The van der Waals surface area contributed by atoms with Crippen LogP contribution in [0.25, 0.3) is 0 Å². The first-order chi connectivity index (χ1) is 9.24. The van der Waals surface area contributed by atoms with Gasteiger partial charge in [0.25, 0.3) is 10.1 Å². The average molecular weight is 336 g/mol. The van der Waals surface area contributed by atoms with Gasteiger partial charge in [0.1, 0.15) is 0 Å². The molecule has 0 bridgehead atoms. The first-order valence-electron chi connectivity index (χ1n) is 6.36. The van der Waals surface area contributed by atoms with E-state index in [9.17, 15) is 8.42 Å². The molecule has 20 heavy (non-hydrogen) atoms. The van der Waals surface area contributed by atoms with Crippen molar-refractivity contribution >= 4 is 19.6 Å². The number of rotatable bonds is 5. The molecule has 0 fully saturated rings. The zero-order valence-electron chi connectivity index (χ0n) is 14.1. The topological polar surface area (TPSA) is 94.1 Å². The Morgan fingerprint density at radius 2 is 1.25 bits per heavy atom. The zero-order valence-corrected chi connectivity index (χ0v) is 16.1. The standard InChI is InChI=1S/C3H8O3S.C3H10O3Si.C3H8.C2H7N/c1-2-3-7(4,5)6;1-4-7(5-2)6-3;2*1-3-2/h2-3H2,1H3,(H,4,5,6);7H,1-3H3;3H2,1-2H3;3H,1-2H3. The summed E-state index contributed by atoms with van der Waals surface area (Å²) in [6.45, 7) is 5.94. The van der Waals surface area contributed by atoms with Crippen LogP contribution in [0.2, 0.25) is 0 Å². The maximum absolute atomic E-state index is 9.79. The molecule has 0 aliphatic carbocycles. The summed E-state index contributed by atoms with van der Waals surface area (Å²) in [5.74, 6) is -0.132. The van der Waals surface area contributed by atoms with Crippen LogP contribution < -0.4 is 5.32 Å². The van der Waals surface area contributed by atoms with E-state index in [0.717, 1.165) is 0 Å². The normalized spacial score (nSPS) is 9.50. The average Bonchev–Trinajstić information content (AvgIpc) is 2.32. The molecule has 0 spiro atoms. The second-order valence-electron chi connectivity index (χ2n) is 3.49. The molecule has 0 unspecified atom stereocenters. The molecule has 128 valence electrons. The van der Waals surface area contributed by atoms with Gasteiger partial charge < -0.3 is 18.6 Å². The summed E-state index contributed by atoms with van der Waals surface area (Å²) in [5, 5.41) is 2.75. The first-order valence-corrected chi connectivity index (χ1v) is 9.38. The van der Waals surface area contributed by atoms with Crippen LogP contribution in [0.1, 0.15) is 33.6 Å². The molecule has 0 aromatic carbocycles. The molecule has 0 aromatic heterocycles. The lowest BCUT2D eigenvalue weighted by Gasteiger charge is -2.05. The third-order valence-corrected chi connectivity index (χ3v) is 3.12. The van der Waals surface area contributed by atoms with Gasteiger partial charge in [-0.05, 0) is 20.5 Å². The van der Waals surface area contributed by atoms with E-state index in [1.807, 2.05) is 14.1 Å². The molecule has 0 atom stereocenters. The zero-order chi connectivity index (χ0) is 17.0. The summed E-state index contributed by atoms with van der Waals surface area (Å²) < 4.78 is 41.8. The van der Waals surface area contributed by atoms with Gasteiger partial charge in [0.2, 0.25) is 0 Å². The van der Waals surface area contributed by atoms with Gasteiger partial charge in [0.05, 0.1) is 5.75 Å². The molecule has 0 rings (SSSR count). The maximum atomic E-state index is 9.79. The lowest BCUT2D eigenvalue weighted by atomic mass is 10.6. The fourth-order valence-corrected chi connectivity index (χ4v) is 1.64. The van der Waals surface area contributed by atoms with E-state index < -0.39 is 19.6 Å². The lowest BCUT2D eigenvalue weighted by molar-refractivity contribution is 0.163. The van der Waals surface area contributed by atoms with E-state index in [4.69, 9.17) is 17.8 Å². The van der Waals surface area contributed by atoms with E-state index in [-0.39, 0.29) is 5.75 Å². The minimum absolute atomic E-state index is 0.132. The van der Waals surface area contributed by atoms with Crippen LogP contribution in [-0.4, -0.2) is 63.7 Å². The predicted octanol–water partition coefficient (Wildman–Crippen LogP) is 1.18. The van der Waals surface area contributed by atoms with Crippen molar-refractivity contribution in [2.24, 2.45) is 0 Å². The fraction of sp³-hybridized carbons (Fsp3) is 1.00. The number of nitrogens with one attached hydrogen (secondary N) is 1. The second-order valence-corrected chi connectivity index (χ2v) is 7.05. The highest BCUT2D eigenvalue weighted by molar-refractivity contribution is 7.85. The van der Waals surface area contributed by atoms with Crippen molar-refractivity contribution in [3.63, 3.8) is 0 Å². The van der Waals surface area contributed by atoms with Crippen molar-refractivity contribution < 1.29 is 26.2 Å². The smallest absolute Gasteiger partial charge is 0.379 e. The molecule has 0 saturated carbocycles. The number of hydrogen-bond acceptors (Lipinski definition) is 6. The summed E-state index contributed by atoms with van der Waals surface area (Å²) in [6, 6.07) is 0. The molecule has 9 heteroatoms. The van der Waals surface area contributed by atoms with Crippen molar-refractivity contribution in [2.75, 3.05) is 41.2 Å². The van der Waals surface area contributed by atoms with E-state index in [1.165, 1.54) is 6.42 Å². The van der Waals surface area contributed by atoms with Crippen molar-refractivity contribution in [3.05, 3.63) is 0 Å². The van der Waals surface area contributed by atoms with Crippen LogP contribution in [0.4, 0.5) is 0 Å². The Kier molecular flexibility index (Phi) is 33.8. The van der Waals surface area contributed by atoms with Crippen LogP contribution in [0.15, 0.2) is 0 Å². The fourth-order valence-electron chi connectivity index (χ4n) is 0.547. The van der Waals surface area contributed by atoms with E-state index in [0.29, 0.717) is 6.42 Å². The third-order valence-electron chi connectivity index (χ3n) is 1.04. The van der Waals surface area contributed by atoms with Gasteiger partial charge in [-0.2, -0.15) is 8.42 Å². The molecule has 0 aliphatic rings. The van der Waals surface area contributed by atoms with Gasteiger partial charge in [-0.25, -0.2) is 0 Å². The molecule has 0 aromatic rings. The molecule has 2 N–H and O–H groups in total. The SMILES string of the molecule is CCC.CCCS(=O)(=O)O.CNC.CO[SiH](OC)OC. The molecular weight excluding hydrogens is 302 g/mol. The quantitative estimate of drug-likeness (QED) is 0.575. The summed E-state index contributed by atoms with van der Waals surface area (Å²) in [4.78, 5) is 0. The maximum Gasteiger partial charge on any atom is 0.483 e. The molecule has 0 heterocycles. The lowest BCUT2D eigenvalue weighted by Crippen LogP contribution is -2.21. The summed E-state index contributed by atoms with van der Waals surface area (Å²) in [7, 11) is 3.12. The van der Waals surface area contributed by atoms with Crippen molar-refractivity contribution in [1.29, 1.82) is 0 Å². The second kappa shape index (κ2) is 24.0. The van der Waals surface area contributed by atoms with Crippen LogP contribution in [0.3, 0.4) is 0 Å². The summed E-state index contributed by atoms with van der Waals surface area (Å²) >= 11 is 0. The van der Waals surface area contributed by atoms with E-state index in [2.05, 4.69) is 19.2 Å². The van der Waals surface area contributed by atoms with Gasteiger partial charge in [-0.15, -0.1) is 0 Å². The molecule has 0 amide bonds. The molecule has 0 radical (unpaired) electrons. The Labute approximate surface area is 126 Å². The van der Waals surface area contributed by atoms with Gasteiger partial charge in [-0.1, -0.05) is 27.2 Å². The largest absolute Gasteiger partial charge is 0.483 e.